The Balaban J connectivity index is 1.95. The first-order valence-corrected chi connectivity index (χ1v) is 8.05. The van der Waals surface area contributed by atoms with Gasteiger partial charge in [0.1, 0.15) is 11.7 Å². The second-order valence-corrected chi connectivity index (χ2v) is 7.24. The van der Waals surface area contributed by atoms with Crippen molar-refractivity contribution in [1.29, 1.82) is 0 Å². The summed E-state index contributed by atoms with van der Waals surface area (Å²) in [7, 11) is 0. The van der Waals surface area contributed by atoms with Crippen molar-refractivity contribution >= 4 is 22.0 Å². The van der Waals surface area contributed by atoms with Crippen LogP contribution in [0.15, 0.2) is 16.7 Å². The maximum atomic E-state index is 14.3. The zero-order valence-corrected chi connectivity index (χ0v) is 14.8. The topological polar surface area (TPSA) is 51.7 Å². The van der Waals surface area contributed by atoms with Crippen molar-refractivity contribution in [3.05, 3.63) is 22.6 Å². The average molecular weight is 393 g/mol. The number of halogens is 3. The van der Waals surface area contributed by atoms with Crippen molar-refractivity contribution in [2.45, 2.75) is 45.1 Å². The molecule has 1 fully saturated rings. The normalized spacial score (nSPS) is 21.9. The lowest BCUT2D eigenvalue weighted by atomic mass is 10.1. The number of likely N-dealkylation sites (tertiary alicyclic amines) is 1. The summed E-state index contributed by atoms with van der Waals surface area (Å²) in [6, 6.07) is 1.20. The molecule has 8 heteroatoms. The van der Waals surface area contributed by atoms with Crippen LogP contribution in [0.2, 0.25) is 0 Å². The van der Waals surface area contributed by atoms with Gasteiger partial charge in [0.2, 0.25) is 0 Å². The van der Waals surface area contributed by atoms with Gasteiger partial charge in [0.05, 0.1) is 6.54 Å². The zero-order chi connectivity index (χ0) is 17.2. The first-order chi connectivity index (χ1) is 10.7. The monoisotopic (exact) mass is 392 g/mol. The third-order valence-electron chi connectivity index (χ3n) is 3.17. The lowest BCUT2D eigenvalue weighted by molar-refractivity contribution is -0.0123. The Bertz CT molecular complexity index is 580. The van der Waals surface area contributed by atoms with Gasteiger partial charge in [-0.15, -0.1) is 0 Å². The fourth-order valence-electron chi connectivity index (χ4n) is 2.14. The summed E-state index contributed by atoms with van der Waals surface area (Å²) in [5, 5.41) is 0. The molecule has 1 aliphatic rings. The minimum Gasteiger partial charge on any atom is -0.469 e. The number of alkyl halides is 1. The Labute approximate surface area is 142 Å². The number of carbonyl (C=O) groups is 1. The van der Waals surface area contributed by atoms with E-state index in [2.05, 4.69) is 20.9 Å². The van der Waals surface area contributed by atoms with Crippen molar-refractivity contribution in [1.82, 2.24) is 9.88 Å². The number of aromatic nitrogens is 1. The Morgan fingerprint density at radius 1 is 1.48 bits per heavy atom. The second kappa shape index (κ2) is 6.98. The molecule has 2 atom stereocenters. The van der Waals surface area contributed by atoms with Crippen molar-refractivity contribution in [2.24, 2.45) is 0 Å². The highest BCUT2D eigenvalue weighted by molar-refractivity contribution is 9.10. The molecule has 0 bridgehead atoms. The lowest BCUT2D eigenvalue weighted by Gasteiger charge is -2.35. The third-order valence-corrected chi connectivity index (χ3v) is 3.60. The predicted molar refractivity (Wildman–Crippen MR) is 83.6 cm³/mol. The number of amides is 1. The summed E-state index contributed by atoms with van der Waals surface area (Å²) in [5.41, 5.74) is -0.638. The Hall–Kier alpha value is -1.44. The van der Waals surface area contributed by atoms with Crippen LogP contribution in [-0.4, -0.2) is 46.9 Å². The van der Waals surface area contributed by atoms with E-state index in [0.29, 0.717) is 4.47 Å². The van der Waals surface area contributed by atoms with E-state index < -0.39 is 29.8 Å². The largest absolute Gasteiger partial charge is 0.469 e. The number of nitrogens with zero attached hydrogens (tertiary/aromatic N) is 2. The minimum absolute atomic E-state index is 0.155. The number of ether oxygens (including phenoxy) is 2. The molecule has 1 amide bonds. The van der Waals surface area contributed by atoms with E-state index in [1.165, 1.54) is 17.2 Å². The molecule has 5 nitrogen and oxygen atoms in total. The molecule has 0 N–H and O–H groups in total. The molecule has 1 aromatic heterocycles. The van der Waals surface area contributed by atoms with Gasteiger partial charge in [-0.25, -0.2) is 18.6 Å². The first kappa shape index (κ1) is 17.9. The van der Waals surface area contributed by atoms with Gasteiger partial charge in [-0.3, -0.25) is 0 Å². The Morgan fingerprint density at radius 3 is 2.74 bits per heavy atom. The second-order valence-electron chi connectivity index (χ2n) is 6.33. The van der Waals surface area contributed by atoms with E-state index in [1.807, 2.05) is 0 Å². The maximum Gasteiger partial charge on any atom is 0.410 e. The number of hydrogen-bond donors (Lipinski definition) is 0. The van der Waals surface area contributed by atoms with Crippen LogP contribution in [0.25, 0.3) is 0 Å². The number of pyridine rings is 1. The van der Waals surface area contributed by atoms with Gasteiger partial charge < -0.3 is 14.4 Å². The summed E-state index contributed by atoms with van der Waals surface area (Å²) in [6.45, 7) is 5.36. The Morgan fingerprint density at radius 2 is 2.17 bits per heavy atom. The molecule has 0 aliphatic carbocycles. The molecule has 0 spiro atoms. The number of rotatable bonds is 2. The molecular weight excluding hydrogens is 374 g/mol. The van der Waals surface area contributed by atoms with E-state index in [4.69, 9.17) is 9.47 Å². The minimum atomic E-state index is -1.44. The fraction of sp³-hybridized carbons (Fsp3) is 0.600. The highest BCUT2D eigenvalue weighted by Crippen LogP contribution is 2.24. The molecule has 0 saturated carbocycles. The molecule has 1 aliphatic heterocycles. The van der Waals surface area contributed by atoms with Crippen LogP contribution in [0.4, 0.5) is 13.6 Å². The number of piperidine rings is 1. The smallest absolute Gasteiger partial charge is 0.410 e. The van der Waals surface area contributed by atoms with E-state index >= 15 is 0 Å². The highest BCUT2D eigenvalue weighted by Gasteiger charge is 2.35. The van der Waals surface area contributed by atoms with Crippen LogP contribution in [-0.2, 0) is 4.74 Å². The van der Waals surface area contributed by atoms with Gasteiger partial charge in [0.15, 0.2) is 12.0 Å². The van der Waals surface area contributed by atoms with Crippen LogP contribution in [0.3, 0.4) is 0 Å². The van der Waals surface area contributed by atoms with Gasteiger partial charge in [0.25, 0.3) is 5.88 Å². The molecule has 1 saturated heterocycles. The fourth-order valence-corrected chi connectivity index (χ4v) is 2.44. The maximum absolute atomic E-state index is 14.3. The number of hydrogen-bond acceptors (Lipinski definition) is 4. The van der Waals surface area contributed by atoms with Crippen LogP contribution in [0.5, 0.6) is 5.88 Å². The number of carbonyl (C=O) groups excluding carboxylic acids is 1. The summed E-state index contributed by atoms with van der Waals surface area (Å²) in [6.07, 6.45) is -1.25. The van der Waals surface area contributed by atoms with Crippen LogP contribution in [0, 0.1) is 5.82 Å². The van der Waals surface area contributed by atoms with Gasteiger partial charge in [-0.05, 0) is 42.8 Å². The first-order valence-electron chi connectivity index (χ1n) is 7.25. The van der Waals surface area contributed by atoms with E-state index in [0.717, 1.165) is 0 Å². The van der Waals surface area contributed by atoms with Gasteiger partial charge in [-0.2, -0.15) is 0 Å². The van der Waals surface area contributed by atoms with Crippen molar-refractivity contribution in [2.75, 3.05) is 13.1 Å². The van der Waals surface area contributed by atoms with Crippen molar-refractivity contribution in [3.8, 4) is 5.88 Å². The molecule has 0 unspecified atom stereocenters. The molecule has 2 rings (SSSR count). The van der Waals surface area contributed by atoms with E-state index in [-0.39, 0.29) is 25.4 Å². The van der Waals surface area contributed by atoms with E-state index in [1.54, 1.807) is 20.8 Å². The molecule has 0 aromatic carbocycles. The standard InChI is InChI=1S/C15H19BrF2N2O3/c1-15(2,3)23-14(21)20-5-4-12(11(18)8-20)22-13-10(17)6-9(16)7-19-13/h6-7,11-12H,4-5,8H2,1-3H3/t11-,12+/m1/s1. The molecule has 128 valence electrons. The average Bonchev–Trinajstić information content (AvgIpc) is 2.41. The van der Waals surface area contributed by atoms with Crippen LogP contribution in [0.1, 0.15) is 27.2 Å². The highest BCUT2D eigenvalue weighted by atomic mass is 79.9. The zero-order valence-electron chi connectivity index (χ0n) is 13.2. The quantitative estimate of drug-likeness (QED) is 0.769. The third kappa shape index (κ3) is 5.02. The summed E-state index contributed by atoms with van der Waals surface area (Å²) >= 11 is 3.09. The van der Waals surface area contributed by atoms with Gasteiger partial charge >= 0.3 is 6.09 Å². The van der Waals surface area contributed by atoms with E-state index in [9.17, 15) is 13.6 Å². The van der Waals surface area contributed by atoms with Crippen molar-refractivity contribution < 1.29 is 23.0 Å². The predicted octanol–water partition coefficient (Wildman–Crippen LogP) is 3.71. The summed E-state index contributed by atoms with van der Waals surface area (Å²) in [4.78, 5) is 17.0. The lowest BCUT2D eigenvalue weighted by Crippen LogP contribution is -2.50. The molecule has 2 heterocycles. The van der Waals surface area contributed by atoms with Crippen molar-refractivity contribution in [3.63, 3.8) is 0 Å². The summed E-state index contributed by atoms with van der Waals surface area (Å²) in [5.74, 6) is -0.910. The van der Waals surface area contributed by atoms with Gasteiger partial charge in [0, 0.05) is 23.6 Å². The van der Waals surface area contributed by atoms with Crippen LogP contribution < -0.4 is 4.74 Å². The van der Waals surface area contributed by atoms with Gasteiger partial charge in [-0.1, -0.05) is 0 Å². The summed E-state index contributed by atoms with van der Waals surface area (Å²) < 4.78 is 39.0. The van der Waals surface area contributed by atoms with Crippen LogP contribution >= 0.6 is 15.9 Å². The molecule has 23 heavy (non-hydrogen) atoms. The Kier molecular flexibility index (Phi) is 5.44. The SMILES string of the molecule is CC(C)(C)OC(=O)N1CC[C@H](Oc2ncc(Br)cc2F)[C@H](F)C1. The molecule has 1 aromatic rings. The molecular formula is C15H19BrF2N2O3. The molecule has 0 radical (unpaired) electrons.